The zero-order valence-corrected chi connectivity index (χ0v) is 21.2. The second-order valence-electron chi connectivity index (χ2n) is 10.4. The number of amides is 2. The van der Waals surface area contributed by atoms with Gasteiger partial charge in [0.1, 0.15) is 6.54 Å². The number of nitrogens with zero attached hydrogens (tertiary/aromatic N) is 3. The Morgan fingerprint density at radius 1 is 1.09 bits per heavy atom. The van der Waals surface area contributed by atoms with E-state index in [1.807, 2.05) is 18.7 Å². The van der Waals surface area contributed by atoms with Crippen LogP contribution in [0, 0.1) is 5.92 Å². The van der Waals surface area contributed by atoms with Crippen molar-refractivity contribution in [3.05, 3.63) is 23.8 Å². The molecular formula is C25H37N3O4S. The van der Waals surface area contributed by atoms with Crippen molar-refractivity contribution in [1.82, 2.24) is 9.21 Å². The maximum atomic E-state index is 13.3. The summed E-state index contributed by atoms with van der Waals surface area (Å²) < 4.78 is 28.1. The molecule has 1 aromatic carbocycles. The number of carbonyl (C=O) groups is 2. The van der Waals surface area contributed by atoms with E-state index in [0.717, 1.165) is 45.1 Å². The summed E-state index contributed by atoms with van der Waals surface area (Å²) in [7, 11) is -3.61. The van der Waals surface area contributed by atoms with Gasteiger partial charge in [-0.2, -0.15) is 4.31 Å². The molecule has 7 nitrogen and oxygen atoms in total. The fourth-order valence-corrected chi connectivity index (χ4v) is 6.98. The van der Waals surface area contributed by atoms with Crippen molar-refractivity contribution >= 4 is 27.5 Å². The third kappa shape index (κ3) is 4.32. The summed E-state index contributed by atoms with van der Waals surface area (Å²) in [6.45, 7) is 9.66. The Morgan fingerprint density at radius 3 is 2.45 bits per heavy atom. The third-order valence-corrected chi connectivity index (χ3v) is 9.70. The van der Waals surface area contributed by atoms with Gasteiger partial charge < -0.3 is 9.80 Å². The molecule has 0 unspecified atom stereocenters. The summed E-state index contributed by atoms with van der Waals surface area (Å²) in [5.74, 6) is 0.348. The van der Waals surface area contributed by atoms with Gasteiger partial charge in [-0.1, -0.05) is 13.8 Å². The molecule has 8 heteroatoms. The van der Waals surface area contributed by atoms with E-state index in [2.05, 4.69) is 13.8 Å². The highest BCUT2D eigenvalue weighted by Gasteiger charge is 2.46. The lowest BCUT2D eigenvalue weighted by atomic mass is 9.86. The molecule has 33 heavy (non-hydrogen) atoms. The SMILES string of the molecule is CC[C@@H]1CCCCN1C(=O)CN1C(=O)C(C)(C)c2cc(S(=O)(=O)N3CCC(C)CC3)ccc21. The molecule has 0 saturated carbocycles. The van der Waals surface area contributed by atoms with Gasteiger partial charge in [0.25, 0.3) is 0 Å². The minimum absolute atomic E-state index is 0.00186. The number of rotatable bonds is 5. The lowest BCUT2D eigenvalue weighted by molar-refractivity contribution is -0.135. The van der Waals surface area contributed by atoms with E-state index in [4.69, 9.17) is 0 Å². The van der Waals surface area contributed by atoms with Crippen LogP contribution in [0.15, 0.2) is 23.1 Å². The fourth-order valence-electron chi connectivity index (χ4n) is 5.48. The molecule has 3 aliphatic heterocycles. The number of likely N-dealkylation sites (tertiary alicyclic amines) is 1. The number of hydrogen-bond donors (Lipinski definition) is 0. The standard InChI is InChI=1S/C25H37N3O4S/c1-5-19-8-6-7-13-27(19)23(29)17-28-22-10-9-20(16-21(22)25(3,4)24(28)30)33(31,32)26-14-11-18(2)12-15-26/h9-10,16,18-19H,5-8,11-15,17H2,1-4H3/t19-/m1/s1. The number of hydrogen-bond acceptors (Lipinski definition) is 4. The van der Waals surface area contributed by atoms with Crippen LogP contribution in [0.25, 0.3) is 0 Å². The molecule has 1 aromatic rings. The Balaban J connectivity index is 1.61. The van der Waals surface area contributed by atoms with E-state index >= 15 is 0 Å². The van der Waals surface area contributed by atoms with Crippen LogP contribution in [0.3, 0.4) is 0 Å². The van der Waals surface area contributed by atoms with Crippen molar-refractivity contribution in [2.24, 2.45) is 5.92 Å². The maximum absolute atomic E-state index is 13.3. The highest BCUT2D eigenvalue weighted by Crippen LogP contribution is 2.43. The van der Waals surface area contributed by atoms with Gasteiger partial charge in [-0.15, -0.1) is 0 Å². The third-order valence-electron chi connectivity index (χ3n) is 7.80. The number of benzene rings is 1. The molecule has 0 N–H and O–H groups in total. The first-order valence-corrected chi connectivity index (χ1v) is 13.8. The molecule has 0 spiro atoms. The quantitative estimate of drug-likeness (QED) is 0.653. The van der Waals surface area contributed by atoms with Crippen molar-refractivity contribution in [2.45, 2.75) is 82.6 Å². The highest BCUT2D eigenvalue weighted by molar-refractivity contribution is 7.89. The van der Waals surface area contributed by atoms with Gasteiger partial charge in [0.15, 0.2) is 0 Å². The average Bonchev–Trinajstić information content (AvgIpc) is 2.99. The summed E-state index contributed by atoms with van der Waals surface area (Å²) in [6.07, 6.45) is 5.77. The minimum atomic E-state index is -3.61. The first-order valence-electron chi connectivity index (χ1n) is 12.3. The first kappa shape index (κ1) is 24.2. The van der Waals surface area contributed by atoms with Crippen LogP contribution in [0.5, 0.6) is 0 Å². The summed E-state index contributed by atoms with van der Waals surface area (Å²) in [4.78, 5) is 30.2. The molecule has 182 valence electrons. The molecule has 0 aromatic heterocycles. The van der Waals surface area contributed by atoms with E-state index in [0.29, 0.717) is 30.3 Å². The van der Waals surface area contributed by atoms with E-state index in [-0.39, 0.29) is 29.3 Å². The maximum Gasteiger partial charge on any atom is 0.243 e. The summed E-state index contributed by atoms with van der Waals surface area (Å²) in [6, 6.07) is 5.19. The van der Waals surface area contributed by atoms with Gasteiger partial charge in [-0.05, 0) is 82.1 Å². The highest BCUT2D eigenvalue weighted by atomic mass is 32.2. The Labute approximate surface area is 198 Å². The molecule has 1 atom stereocenters. The van der Waals surface area contributed by atoms with Gasteiger partial charge in [0.2, 0.25) is 21.8 Å². The molecule has 0 aliphatic carbocycles. The lowest BCUT2D eigenvalue weighted by Crippen LogP contribution is -2.49. The van der Waals surface area contributed by atoms with Crippen LogP contribution in [-0.4, -0.2) is 61.7 Å². The fraction of sp³-hybridized carbons (Fsp3) is 0.680. The predicted molar refractivity (Wildman–Crippen MR) is 129 cm³/mol. The summed E-state index contributed by atoms with van der Waals surface area (Å²) >= 11 is 0. The monoisotopic (exact) mass is 475 g/mol. The predicted octanol–water partition coefficient (Wildman–Crippen LogP) is 3.52. The molecule has 4 rings (SSSR count). The first-order chi connectivity index (χ1) is 15.6. The van der Waals surface area contributed by atoms with Crippen molar-refractivity contribution in [3.8, 4) is 0 Å². The van der Waals surface area contributed by atoms with E-state index in [9.17, 15) is 18.0 Å². The van der Waals surface area contributed by atoms with Gasteiger partial charge in [0, 0.05) is 31.4 Å². The molecule has 3 aliphatic rings. The number of carbonyl (C=O) groups excluding carboxylic acids is 2. The van der Waals surface area contributed by atoms with Gasteiger partial charge in [-0.25, -0.2) is 8.42 Å². The minimum Gasteiger partial charge on any atom is -0.338 e. The van der Waals surface area contributed by atoms with E-state index in [1.54, 1.807) is 27.4 Å². The molecule has 2 fully saturated rings. The zero-order chi connectivity index (χ0) is 24.0. The van der Waals surface area contributed by atoms with Crippen molar-refractivity contribution in [3.63, 3.8) is 0 Å². The largest absolute Gasteiger partial charge is 0.338 e. The molecule has 2 saturated heterocycles. The van der Waals surface area contributed by atoms with Crippen LogP contribution < -0.4 is 4.90 Å². The van der Waals surface area contributed by atoms with Crippen molar-refractivity contribution < 1.29 is 18.0 Å². The molecule has 0 bridgehead atoms. The second kappa shape index (κ2) is 9.02. The van der Waals surface area contributed by atoms with Gasteiger partial charge in [0.05, 0.1) is 10.3 Å². The van der Waals surface area contributed by atoms with Crippen molar-refractivity contribution in [1.29, 1.82) is 0 Å². The van der Waals surface area contributed by atoms with Crippen molar-refractivity contribution in [2.75, 3.05) is 31.1 Å². The van der Waals surface area contributed by atoms with Gasteiger partial charge in [-0.3, -0.25) is 9.59 Å². The lowest BCUT2D eigenvalue weighted by Gasteiger charge is -2.36. The van der Waals surface area contributed by atoms with E-state index in [1.165, 1.54) is 0 Å². The van der Waals surface area contributed by atoms with Crippen LogP contribution in [-0.2, 0) is 25.0 Å². The smallest absolute Gasteiger partial charge is 0.243 e. The van der Waals surface area contributed by atoms with Crippen LogP contribution >= 0.6 is 0 Å². The second-order valence-corrected chi connectivity index (χ2v) is 12.4. The number of fused-ring (bicyclic) bond motifs is 1. The van der Waals surface area contributed by atoms with Gasteiger partial charge >= 0.3 is 0 Å². The molecule has 0 radical (unpaired) electrons. The Hall–Kier alpha value is -1.93. The molecule has 2 amide bonds. The Morgan fingerprint density at radius 2 is 1.79 bits per heavy atom. The van der Waals surface area contributed by atoms with E-state index < -0.39 is 15.4 Å². The summed E-state index contributed by atoms with van der Waals surface area (Å²) in [5.41, 5.74) is 0.441. The van der Waals surface area contributed by atoms with Crippen LogP contribution in [0.4, 0.5) is 5.69 Å². The summed E-state index contributed by atoms with van der Waals surface area (Å²) in [5, 5.41) is 0. The number of sulfonamides is 1. The zero-order valence-electron chi connectivity index (χ0n) is 20.3. The average molecular weight is 476 g/mol. The molecule has 3 heterocycles. The molecular weight excluding hydrogens is 438 g/mol. The van der Waals surface area contributed by atoms with Crippen LogP contribution in [0.1, 0.15) is 71.8 Å². The Bertz CT molecular complexity index is 1030. The number of piperidine rings is 2. The Kier molecular flexibility index (Phi) is 6.62. The topological polar surface area (TPSA) is 78.0 Å². The van der Waals surface area contributed by atoms with Crippen LogP contribution in [0.2, 0.25) is 0 Å². The number of anilines is 1. The normalized spacial score (nSPS) is 24.2.